The van der Waals surface area contributed by atoms with Gasteiger partial charge in [0.25, 0.3) is 4.82 Å². The molecule has 13 heavy (non-hydrogen) atoms. The number of carbonyl (C=O) groups excluding carboxylic acids is 1. The van der Waals surface area contributed by atoms with Gasteiger partial charge in [0, 0.05) is 29.0 Å². The second-order valence-corrected chi connectivity index (χ2v) is 3.43. The average molecular weight is 242 g/mol. The number of benzene rings is 1. The molecule has 0 unspecified atom stereocenters. The van der Waals surface area contributed by atoms with E-state index in [1.165, 1.54) is 0 Å². The number of amides is 1. The van der Waals surface area contributed by atoms with Crippen LogP contribution in [-0.2, 0) is 6.54 Å². The minimum absolute atomic E-state index is 0.0566. The summed E-state index contributed by atoms with van der Waals surface area (Å²) in [7, 11) is 0. The molecule has 0 aliphatic rings. The normalized spacial score (nSPS) is 9.69. The SMILES string of the molecule is CCN(Cc1ccccc1)C(=O)Br. The smallest absolute Gasteiger partial charge is 0.289 e. The molecule has 3 heteroatoms. The Labute approximate surface area is 86.7 Å². The van der Waals surface area contributed by atoms with Crippen molar-refractivity contribution < 1.29 is 4.79 Å². The first-order valence-corrected chi connectivity index (χ1v) is 5.01. The second-order valence-electron chi connectivity index (χ2n) is 2.75. The fourth-order valence-electron chi connectivity index (χ4n) is 1.10. The number of rotatable bonds is 3. The third kappa shape index (κ3) is 3.19. The van der Waals surface area contributed by atoms with E-state index in [0.29, 0.717) is 6.54 Å². The van der Waals surface area contributed by atoms with Crippen LogP contribution in [-0.4, -0.2) is 16.3 Å². The molecule has 70 valence electrons. The Hall–Kier alpha value is -0.830. The Morgan fingerprint density at radius 1 is 1.38 bits per heavy atom. The molecule has 0 saturated carbocycles. The molecule has 0 saturated heterocycles. The minimum Gasteiger partial charge on any atom is -0.329 e. The lowest BCUT2D eigenvalue weighted by atomic mass is 10.2. The second kappa shape index (κ2) is 5.02. The summed E-state index contributed by atoms with van der Waals surface area (Å²) >= 11 is 2.95. The van der Waals surface area contributed by atoms with Gasteiger partial charge in [0.05, 0.1) is 0 Å². The standard InChI is InChI=1S/C10H12BrNO/c1-2-12(10(11)13)8-9-6-4-3-5-7-9/h3-7H,2,8H2,1H3. The molecule has 1 aromatic rings. The van der Waals surface area contributed by atoms with Crippen molar-refractivity contribution in [3.8, 4) is 0 Å². The molecule has 0 fully saturated rings. The third-order valence-electron chi connectivity index (χ3n) is 1.85. The monoisotopic (exact) mass is 241 g/mol. The van der Waals surface area contributed by atoms with Gasteiger partial charge in [-0.25, -0.2) is 0 Å². The highest BCUT2D eigenvalue weighted by Crippen LogP contribution is 2.07. The molecule has 0 heterocycles. The number of hydrogen-bond acceptors (Lipinski definition) is 1. The van der Waals surface area contributed by atoms with Crippen molar-refractivity contribution in [1.29, 1.82) is 0 Å². The van der Waals surface area contributed by atoms with Gasteiger partial charge in [-0.05, 0) is 12.5 Å². The fraction of sp³-hybridized carbons (Fsp3) is 0.300. The summed E-state index contributed by atoms with van der Waals surface area (Å²) in [4.78, 5) is 12.7. The first-order valence-electron chi connectivity index (χ1n) is 4.22. The lowest BCUT2D eigenvalue weighted by molar-refractivity contribution is 0.225. The summed E-state index contributed by atoms with van der Waals surface area (Å²) in [6.07, 6.45) is 0. The quantitative estimate of drug-likeness (QED) is 0.589. The van der Waals surface area contributed by atoms with Crippen molar-refractivity contribution in [1.82, 2.24) is 4.90 Å². The molecule has 0 N–H and O–H groups in total. The van der Waals surface area contributed by atoms with Gasteiger partial charge in [-0.1, -0.05) is 30.3 Å². The molecule has 0 atom stereocenters. The molecule has 1 amide bonds. The zero-order valence-electron chi connectivity index (χ0n) is 7.53. The highest BCUT2D eigenvalue weighted by molar-refractivity contribution is 9.18. The summed E-state index contributed by atoms with van der Waals surface area (Å²) in [6, 6.07) is 9.94. The lowest BCUT2D eigenvalue weighted by Gasteiger charge is -2.17. The molecule has 0 spiro atoms. The summed E-state index contributed by atoms with van der Waals surface area (Å²) < 4.78 is 0. The van der Waals surface area contributed by atoms with Gasteiger partial charge in [0.15, 0.2) is 0 Å². The maximum Gasteiger partial charge on any atom is 0.289 e. The van der Waals surface area contributed by atoms with E-state index >= 15 is 0 Å². The molecule has 0 radical (unpaired) electrons. The molecule has 1 rings (SSSR count). The Bertz CT molecular complexity index is 274. The largest absolute Gasteiger partial charge is 0.329 e. The van der Waals surface area contributed by atoms with E-state index < -0.39 is 0 Å². The van der Waals surface area contributed by atoms with E-state index in [4.69, 9.17) is 0 Å². The predicted octanol–water partition coefficient (Wildman–Crippen LogP) is 3.02. The van der Waals surface area contributed by atoms with Crippen LogP contribution in [0, 0.1) is 0 Å². The lowest BCUT2D eigenvalue weighted by Crippen LogP contribution is -2.24. The number of nitrogens with zero attached hydrogens (tertiary/aromatic N) is 1. The maximum atomic E-state index is 11.0. The van der Waals surface area contributed by atoms with Gasteiger partial charge in [-0.3, -0.25) is 4.79 Å². The van der Waals surface area contributed by atoms with Crippen LogP contribution >= 0.6 is 15.9 Å². The van der Waals surface area contributed by atoms with Gasteiger partial charge in [-0.2, -0.15) is 0 Å². The molecular weight excluding hydrogens is 230 g/mol. The van der Waals surface area contributed by atoms with Crippen LogP contribution in [0.5, 0.6) is 0 Å². The summed E-state index contributed by atoms with van der Waals surface area (Å²) in [6.45, 7) is 3.35. The Kier molecular flexibility index (Phi) is 3.96. The van der Waals surface area contributed by atoms with Gasteiger partial charge in [0.2, 0.25) is 0 Å². The zero-order valence-corrected chi connectivity index (χ0v) is 9.12. The van der Waals surface area contributed by atoms with E-state index in [0.717, 1.165) is 12.1 Å². The highest BCUT2D eigenvalue weighted by Gasteiger charge is 2.07. The van der Waals surface area contributed by atoms with Crippen molar-refractivity contribution >= 4 is 20.7 Å². The molecular formula is C10H12BrNO. The van der Waals surface area contributed by atoms with Crippen LogP contribution in [0.25, 0.3) is 0 Å². The van der Waals surface area contributed by atoms with Crippen molar-refractivity contribution in [3.05, 3.63) is 35.9 Å². The van der Waals surface area contributed by atoms with E-state index in [1.54, 1.807) is 4.90 Å². The van der Waals surface area contributed by atoms with Crippen LogP contribution in [0.15, 0.2) is 30.3 Å². The van der Waals surface area contributed by atoms with Crippen LogP contribution in [0.3, 0.4) is 0 Å². The predicted molar refractivity (Wildman–Crippen MR) is 56.8 cm³/mol. The van der Waals surface area contributed by atoms with Gasteiger partial charge in [0.1, 0.15) is 0 Å². The fourth-order valence-corrected chi connectivity index (χ4v) is 1.48. The minimum atomic E-state index is -0.0566. The number of halogens is 1. The maximum absolute atomic E-state index is 11.0. The molecule has 0 aliphatic heterocycles. The third-order valence-corrected chi connectivity index (χ3v) is 2.35. The van der Waals surface area contributed by atoms with Crippen LogP contribution in [0.2, 0.25) is 0 Å². The van der Waals surface area contributed by atoms with Crippen molar-refractivity contribution in [2.75, 3.05) is 6.54 Å². The van der Waals surface area contributed by atoms with Crippen molar-refractivity contribution in [2.24, 2.45) is 0 Å². The molecule has 0 aliphatic carbocycles. The van der Waals surface area contributed by atoms with Gasteiger partial charge >= 0.3 is 0 Å². The topological polar surface area (TPSA) is 20.3 Å². The Balaban J connectivity index is 2.62. The number of hydrogen-bond donors (Lipinski definition) is 0. The zero-order chi connectivity index (χ0) is 9.68. The van der Waals surface area contributed by atoms with Crippen LogP contribution in [0.4, 0.5) is 4.79 Å². The number of carbonyl (C=O) groups is 1. The van der Waals surface area contributed by atoms with Crippen LogP contribution < -0.4 is 0 Å². The molecule has 2 nitrogen and oxygen atoms in total. The van der Waals surface area contributed by atoms with Crippen molar-refractivity contribution in [2.45, 2.75) is 13.5 Å². The average Bonchev–Trinajstić information content (AvgIpc) is 2.15. The highest BCUT2D eigenvalue weighted by atomic mass is 79.9. The molecule has 0 bridgehead atoms. The summed E-state index contributed by atoms with van der Waals surface area (Å²) in [5.74, 6) is 0. The van der Waals surface area contributed by atoms with E-state index in [1.807, 2.05) is 37.3 Å². The summed E-state index contributed by atoms with van der Waals surface area (Å²) in [5, 5.41) is 0. The van der Waals surface area contributed by atoms with Gasteiger partial charge in [-0.15, -0.1) is 0 Å². The first kappa shape index (κ1) is 10.3. The Morgan fingerprint density at radius 3 is 2.46 bits per heavy atom. The van der Waals surface area contributed by atoms with E-state index in [-0.39, 0.29) is 4.82 Å². The van der Waals surface area contributed by atoms with Crippen molar-refractivity contribution in [3.63, 3.8) is 0 Å². The Morgan fingerprint density at radius 2 is 2.00 bits per heavy atom. The van der Waals surface area contributed by atoms with E-state index in [2.05, 4.69) is 15.9 Å². The van der Waals surface area contributed by atoms with Gasteiger partial charge < -0.3 is 4.90 Å². The summed E-state index contributed by atoms with van der Waals surface area (Å²) in [5.41, 5.74) is 1.15. The first-order chi connectivity index (χ1) is 6.24. The van der Waals surface area contributed by atoms with Crippen LogP contribution in [0.1, 0.15) is 12.5 Å². The molecule has 1 aromatic carbocycles. The molecule has 0 aromatic heterocycles. The van der Waals surface area contributed by atoms with E-state index in [9.17, 15) is 4.79 Å².